The molecule has 1 spiro atoms. The molecule has 1 unspecified atom stereocenters. The predicted octanol–water partition coefficient (Wildman–Crippen LogP) is 5.44. The molecule has 3 aliphatic rings. The van der Waals surface area contributed by atoms with Crippen LogP contribution in [0.5, 0.6) is 11.5 Å². The maximum Gasteiger partial charge on any atom is 0.246 e. The number of hydrogen-bond donors (Lipinski definition) is 0. The van der Waals surface area contributed by atoms with Gasteiger partial charge >= 0.3 is 0 Å². The molecule has 0 aliphatic carbocycles. The summed E-state index contributed by atoms with van der Waals surface area (Å²) in [6, 6.07) is 32.6. The number of rotatable bonds is 3. The first-order valence-corrected chi connectivity index (χ1v) is 11.7. The molecule has 0 aromatic heterocycles. The van der Waals surface area contributed by atoms with Crippen molar-refractivity contribution in [3.05, 3.63) is 125 Å². The number of amides is 1. The lowest BCUT2D eigenvalue weighted by molar-refractivity contribution is -0.122. The first-order chi connectivity index (χ1) is 16.8. The highest BCUT2D eigenvalue weighted by Crippen LogP contribution is 2.56. The average molecular weight is 446 g/mol. The van der Waals surface area contributed by atoms with Crippen molar-refractivity contribution in [2.45, 2.75) is 17.9 Å². The van der Waals surface area contributed by atoms with E-state index in [1.165, 1.54) is 0 Å². The van der Waals surface area contributed by atoms with Crippen molar-refractivity contribution < 1.29 is 14.3 Å². The monoisotopic (exact) mass is 445 g/mol. The molecule has 0 N–H and O–H groups in total. The van der Waals surface area contributed by atoms with Crippen LogP contribution in [0.2, 0.25) is 0 Å². The van der Waals surface area contributed by atoms with E-state index in [9.17, 15) is 4.79 Å². The van der Waals surface area contributed by atoms with Gasteiger partial charge in [0.05, 0.1) is 12.6 Å². The van der Waals surface area contributed by atoms with E-state index in [0.29, 0.717) is 13.2 Å². The Morgan fingerprint density at radius 2 is 1.41 bits per heavy atom. The summed E-state index contributed by atoms with van der Waals surface area (Å²) < 4.78 is 12.0. The lowest BCUT2D eigenvalue weighted by Crippen LogP contribution is -2.44. The Kier molecular flexibility index (Phi) is 4.13. The summed E-state index contributed by atoms with van der Waals surface area (Å²) in [5, 5.41) is 0. The molecule has 34 heavy (non-hydrogen) atoms. The second-order valence-electron chi connectivity index (χ2n) is 9.16. The number of fused-ring (bicyclic) bond motifs is 5. The molecule has 4 heteroatoms. The van der Waals surface area contributed by atoms with Gasteiger partial charge < -0.3 is 9.47 Å². The SMILES string of the molecule is O=C1N(C(c2ccccc2)c2ccccc2)c2ccccc2C12COc1cc3c(cc12)CCO3. The Balaban J connectivity index is 1.46. The zero-order valence-electron chi connectivity index (χ0n) is 18.6. The van der Waals surface area contributed by atoms with E-state index in [0.717, 1.165) is 51.4 Å². The van der Waals surface area contributed by atoms with Crippen molar-refractivity contribution in [2.75, 3.05) is 18.1 Å². The third-order valence-electron chi connectivity index (χ3n) is 7.39. The number of ether oxygens (including phenoxy) is 2. The van der Waals surface area contributed by atoms with E-state index < -0.39 is 5.41 Å². The molecular formula is C30H23NO3. The van der Waals surface area contributed by atoms with Crippen molar-refractivity contribution in [3.8, 4) is 11.5 Å². The Labute approximate surface area is 198 Å². The van der Waals surface area contributed by atoms with E-state index in [4.69, 9.17) is 9.47 Å². The fourth-order valence-electron chi connectivity index (χ4n) is 5.82. The van der Waals surface area contributed by atoms with Crippen LogP contribution in [0.25, 0.3) is 0 Å². The number of carbonyl (C=O) groups excluding carboxylic acids is 1. The van der Waals surface area contributed by atoms with E-state index in [2.05, 4.69) is 42.5 Å². The van der Waals surface area contributed by atoms with Crippen LogP contribution in [0.1, 0.15) is 33.9 Å². The molecular weight excluding hydrogens is 422 g/mol. The Morgan fingerprint density at radius 1 is 0.735 bits per heavy atom. The van der Waals surface area contributed by atoms with E-state index in [-0.39, 0.29) is 11.9 Å². The normalized spacial score (nSPS) is 19.7. The first-order valence-electron chi connectivity index (χ1n) is 11.7. The second kappa shape index (κ2) is 7.22. The molecule has 4 aromatic carbocycles. The number of carbonyl (C=O) groups is 1. The molecule has 166 valence electrons. The van der Waals surface area contributed by atoms with Gasteiger partial charge in [-0.15, -0.1) is 0 Å². The summed E-state index contributed by atoms with van der Waals surface area (Å²) in [6.07, 6.45) is 0.856. The van der Waals surface area contributed by atoms with Crippen LogP contribution < -0.4 is 14.4 Å². The average Bonchev–Trinajstić information content (AvgIpc) is 3.57. The summed E-state index contributed by atoms with van der Waals surface area (Å²) in [7, 11) is 0. The highest BCUT2D eigenvalue weighted by molar-refractivity contribution is 6.12. The van der Waals surface area contributed by atoms with Gasteiger partial charge in [0.1, 0.15) is 23.5 Å². The van der Waals surface area contributed by atoms with Gasteiger partial charge in [-0.2, -0.15) is 0 Å². The maximum atomic E-state index is 14.7. The van der Waals surface area contributed by atoms with Crippen LogP contribution >= 0.6 is 0 Å². The van der Waals surface area contributed by atoms with Crippen LogP contribution in [0, 0.1) is 0 Å². The lowest BCUT2D eigenvalue weighted by atomic mass is 9.76. The Morgan fingerprint density at radius 3 is 2.15 bits per heavy atom. The van der Waals surface area contributed by atoms with Gasteiger partial charge in [-0.25, -0.2) is 0 Å². The van der Waals surface area contributed by atoms with Gasteiger partial charge in [0, 0.05) is 23.7 Å². The van der Waals surface area contributed by atoms with Crippen molar-refractivity contribution in [1.29, 1.82) is 0 Å². The predicted molar refractivity (Wildman–Crippen MR) is 131 cm³/mol. The molecule has 0 radical (unpaired) electrons. The van der Waals surface area contributed by atoms with Crippen molar-refractivity contribution in [3.63, 3.8) is 0 Å². The number of para-hydroxylation sites is 1. The minimum atomic E-state index is -0.856. The highest BCUT2D eigenvalue weighted by Gasteiger charge is 2.58. The van der Waals surface area contributed by atoms with Crippen LogP contribution in [0.3, 0.4) is 0 Å². The largest absolute Gasteiger partial charge is 0.493 e. The fourth-order valence-corrected chi connectivity index (χ4v) is 5.82. The summed E-state index contributed by atoms with van der Waals surface area (Å²) in [6.45, 7) is 0.972. The molecule has 1 atom stereocenters. The summed E-state index contributed by atoms with van der Waals surface area (Å²) in [4.78, 5) is 16.6. The van der Waals surface area contributed by atoms with Crippen LogP contribution in [-0.2, 0) is 16.6 Å². The molecule has 3 heterocycles. The molecule has 4 nitrogen and oxygen atoms in total. The maximum absolute atomic E-state index is 14.7. The van der Waals surface area contributed by atoms with Crippen LogP contribution in [0.4, 0.5) is 5.69 Å². The summed E-state index contributed by atoms with van der Waals surface area (Å²) >= 11 is 0. The minimum Gasteiger partial charge on any atom is -0.493 e. The first kappa shape index (κ1) is 19.4. The summed E-state index contributed by atoms with van der Waals surface area (Å²) in [5.74, 6) is 1.68. The quantitative estimate of drug-likeness (QED) is 0.422. The van der Waals surface area contributed by atoms with E-state index in [1.807, 2.05) is 59.5 Å². The van der Waals surface area contributed by atoms with Gasteiger partial charge in [-0.3, -0.25) is 9.69 Å². The lowest BCUT2D eigenvalue weighted by Gasteiger charge is -2.31. The smallest absolute Gasteiger partial charge is 0.246 e. The fraction of sp³-hybridized carbons (Fsp3) is 0.167. The molecule has 0 bridgehead atoms. The third-order valence-corrected chi connectivity index (χ3v) is 7.39. The van der Waals surface area contributed by atoms with Gasteiger partial charge in [0.15, 0.2) is 0 Å². The third kappa shape index (κ3) is 2.57. The van der Waals surface area contributed by atoms with Crippen molar-refractivity contribution >= 4 is 11.6 Å². The molecule has 1 amide bonds. The number of nitrogens with zero attached hydrogens (tertiary/aromatic N) is 1. The van der Waals surface area contributed by atoms with Gasteiger partial charge in [-0.05, 0) is 34.4 Å². The van der Waals surface area contributed by atoms with Gasteiger partial charge in [-0.1, -0.05) is 78.9 Å². The topological polar surface area (TPSA) is 38.8 Å². The molecule has 0 fully saturated rings. The van der Waals surface area contributed by atoms with E-state index in [1.54, 1.807) is 0 Å². The summed E-state index contributed by atoms with van der Waals surface area (Å²) in [5.41, 5.74) is 5.36. The Hall–Kier alpha value is -4.05. The number of benzene rings is 4. The molecule has 0 saturated heterocycles. The molecule has 7 rings (SSSR count). The standard InChI is InChI=1S/C30H23NO3/c32-29-30(19-34-27-18-26-22(15-16-33-26)17-24(27)30)23-13-7-8-14-25(23)31(29)28(20-9-3-1-4-10-20)21-11-5-2-6-12-21/h1-14,17-18,28H,15-16,19H2. The number of hydrogen-bond acceptors (Lipinski definition) is 3. The number of anilines is 1. The van der Waals surface area contributed by atoms with Crippen LogP contribution in [0.15, 0.2) is 97.1 Å². The van der Waals surface area contributed by atoms with Gasteiger partial charge in [0.25, 0.3) is 0 Å². The van der Waals surface area contributed by atoms with Crippen LogP contribution in [-0.4, -0.2) is 19.1 Å². The van der Waals surface area contributed by atoms with Crippen molar-refractivity contribution in [2.24, 2.45) is 0 Å². The minimum absolute atomic E-state index is 0.0593. The molecule has 0 saturated carbocycles. The highest BCUT2D eigenvalue weighted by atomic mass is 16.5. The zero-order chi connectivity index (χ0) is 22.7. The van der Waals surface area contributed by atoms with Gasteiger partial charge in [0.2, 0.25) is 5.91 Å². The van der Waals surface area contributed by atoms with Crippen molar-refractivity contribution in [1.82, 2.24) is 0 Å². The molecule has 3 aliphatic heterocycles. The molecule has 4 aromatic rings. The zero-order valence-corrected chi connectivity index (χ0v) is 18.6. The van der Waals surface area contributed by atoms with E-state index >= 15 is 0 Å². The Bertz CT molecular complexity index is 1380. The second-order valence-corrected chi connectivity index (χ2v) is 9.16.